The fourth-order valence-electron chi connectivity index (χ4n) is 2.11. The molecule has 0 aromatic rings. The van der Waals surface area contributed by atoms with E-state index in [1.807, 2.05) is 31.2 Å². The maximum absolute atomic E-state index is 9.11. The molecular formula is C14H16N2O. The van der Waals surface area contributed by atoms with E-state index in [2.05, 4.69) is 18.7 Å². The van der Waals surface area contributed by atoms with Crippen LogP contribution in [-0.4, -0.2) is 12.7 Å². The Hall–Kier alpha value is -1.84. The Bertz CT molecular complexity index is 397. The minimum absolute atomic E-state index is 0.250. The van der Waals surface area contributed by atoms with Crippen molar-refractivity contribution < 1.29 is 4.74 Å². The largest absolute Gasteiger partial charge is 0.369 e. The van der Waals surface area contributed by atoms with Gasteiger partial charge in [-0.25, -0.2) is 0 Å². The van der Waals surface area contributed by atoms with E-state index in [9.17, 15) is 0 Å². The lowest BCUT2D eigenvalue weighted by Gasteiger charge is -2.38. The second-order valence-corrected chi connectivity index (χ2v) is 3.94. The first kappa shape index (κ1) is 13.2. The van der Waals surface area contributed by atoms with E-state index in [4.69, 9.17) is 15.3 Å². The molecule has 0 aromatic carbocycles. The number of allylic oxidation sites excluding steroid dienone is 2. The standard InChI is InChI=1S/C14H16N2O/c1-3-9-17-13-7-5-6-8-14(13,4-2)12(10-15)11-16/h3,5-8,12-13H,1,4,9H2,2H3. The van der Waals surface area contributed by atoms with Crippen LogP contribution in [0.2, 0.25) is 0 Å². The number of hydrogen-bond donors (Lipinski definition) is 0. The third-order valence-electron chi connectivity index (χ3n) is 3.13. The van der Waals surface area contributed by atoms with Crippen LogP contribution in [0, 0.1) is 34.0 Å². The molecule has 3 heteroatoms. The first-order chi connectivity index (χ1) is 8.25. The van der Waals surface area contributed by atoms with Gasteiger partial charge < -0.3 is 4.74 Å². The van der Waals surface area contributed by atoms with Gasteiger partial charge in [0.15, 0.2) is 0 Å². The molecule has 0 radical (unpaired) electrons. The summed E-state index contributed by atoms with van der Waals surface area (Å²) >= 11 is 0. The fourth-order valence-corrected chi connectivity index (χ4v) is 2.11. The molecule has 0 saturated carbocycles. The summed E-state index contributed by atoms with van der Waals surface area (Å²) in [4.78, 5) is 0. The predicted octanol–water partition coefficient (Wildman–Crippen LogP) is 2.74. The monoisotopic (exact) mass is 228 g/mol. The Kier molecular flexibility index (Phi) is 4.69. The van der Waals surface area contributed by atoms with E-state index in [1.54, 1.807) is 6.08 Å². The molecule has 17 heavy (non-hydrogen) atoms. The third-order valence-corrected chi connectivity index (χ3v) is 3.13. The van der Waals surface area contributed by atoms with Crippen molar-refractivity contribution in [2.45, 2.75) is 19.4 Å². The van der Waals surface area contributed by atoms with Crippen LogP contribution in [0.5, 0.6) is 0 Å². The van der Waals surface area contributed by atoms with Gasteiger partial charge in [-0.3, -0.25) is 0 Å². The first-order valence-electron chi connectivity index (χ1n) is 5.63. The van der Waals surface area contributed by atoms with Crippen LogP contribution in [0.25, 0.3) is 0 Å². The highest BCUT2D eigenvalue weighted by atomic mass is 16.5. The van der Waals surface area contributed by atoms with Crippen molar-refractivity contribution in [1.29, 1.82) is 10.5 Å². The van der Waals surface area contributed by atoms with Crippen LogP contribution in [0.15, 0.2) is 37.0 Å². The molecule has 0 spiro atoms. The van der Waals surface area contributed by atoms with Gasteiger partial charge in [0, 0.05) is 5.41 Å². The molecule has 0 fully saturated rings. The minimum atomic E-state index is -0.705. The van der Waals surface area contributed by atoms with Gasteiger partial charge >= 0.3 is 0 Å². The van der Waals surface area contributed by atoms with Gasteiger partial charge in [0.1, 0.15) is 5.92 Å². The van der Waals surface area contributed by atoms with E-state index in [-0.39, 0.29) is 6.10 Å². The lowest BCUT2D eigenvalue weighted by Crippen LogP contribution is -2.40. The highest BCUT2D eigenvalue weighted by Crippen LogP contribution is 2.40. The SMILES string of the molecule is C=CCOC1C=CC=CC1(CC)C(C#N)C#N. The lowest BCUT2D eigenvalue weighted by molar-refractivity contribution is 0.0142. The molecule has 1 rings (SSSR count). The molecule has 0 bridgehead atoms. The summed E-state index contributed by atoms with van der Waals surface area (Å²) in [6.45, 7) is 5.99. The molecule has 0 saturated heterocycles. The van der Waals surface area contributed by atoms with Crippen molar-refractivity contribution in [2.75, 3.05) is 6.61 Å². The summed E-state index contributed by atoms with van der Waals surface area (Å²) < 4.78 is 5.67. The van der Waals surface area contributed by atoms with E-state index in [1.165, 1.54) is 0 Å². The predicted molar refractivity (Wildman–Crippen MR) is 65.7 cm³/mol. The Morgan fingerprint density at radius 1 is 1.47 bits per heavy atom. The zero-order valence-electron chi connectivity index (χ0n) is 9.97. The maximum atomic E-state index is 9.11. The Balaban J connectivity index is 3.05. The van der Waals surface area contributed by atoms with E-state index >= 15 is 0 Å². The number of ether oxygens (including phenoxy) is 1. The highest BCUT2D eigenvalue weighted by Gasteiger charge is 2.43. The molecule has 0 amide bonds. The Labute approximate surface area is 102 Å². The second-order valence-electron chi connectivity index (χ2n) is 3.94. The smallest absolute Gasteiger partial charge is 0.145 e. The van der Waals surface area contributed by atoms with Crippen LogP contribution in [0.1, 0.15) is 13.3 Å². The van der Waals surface area contributed by atoms with Gasteiger partial charge in [0.2, 0.25) is 0 Å². The zero-order valence-corrected chi connectivity index (χ0v) is 9.97. The molecule has 2 unspecified atom stereocenters. The minimum Gasteiger partial charge on any atom is -0.369 e. The van der Waals surface area contributed by atoms with Crippen LogP contribution in [0.4, 0.5) is 0 Å². The number of rotatable bonds is 5. The van der Waals surface area contributed by atoms with Gasteiger partial charge in [0.25, 0.3) is 0 Å². The van der Waals surface area contributed by atoms with Crippen LogP contribution >= 0.6 is 0 Å². The van der Waals surface area contributed by atoms with Crippen LogP contribution < -0.4 is 0 Å². The molecule has 88 valence electrons. The quantitative estimate of drug-likeness (QED) is 0.680. The van der Waals surface area contributed by atoms with Crippen molar-refractivity contribution in [2.24, 2.45) is 11.3 Å². The molecule has 0 N–H and O–H groups in total. The molecule has 1 aliphatic carbocycles. The first-order valence-corrected chi connectivity index (χ1v) is 5.63. The van der Waals surface area contributed by atoms with E-state index in [0.29, 0.717) is 13.0 Å². The molecule has 3 nitrogen and oxygen atoms in total. The topological polar surface area (TPSA) is 56.8 Å². The van der Waals surface area contributed by atoms with Gasteiger partial charge in [-0.05, 0) is 6.42 Å². The number of nitriles is 2. The van der Waals surface area contributed by atoms with Crippen molar-refractivity contribution in [1.82, 2.24) is 0 Å². The highest BCUT2D eigenvalue weighted by molar-refractivity contribution is 5.28. The Morgan fingerprint density at radius 2 is 2.18 bits per heavy atom. The Morgan fingerprint density at radius 3 is 2.71 bits per heavy atom. The summed E-state index contributed by atoms with van der Waals surface area (Å²) in [5.41, 5.74) is -0.554. The van der Waals surface area contributed by atoms with Crippen molar-refractivity contribution in [3.63, 3.8) is 0 Å². The normalized spacial score (nSPS) is 26.5. The van der Waals surface area contributed by atoms with E-state index in [0.717, 1.165) is 0 Å². The molecular weight excluding hydrogens is 212 g/mol. The molecule has 0 heterocycles. The van der Waals surface area contributed by atoms with Crippen LogP contribution in [0.3, 0.4) is 0 Å². The van der Waals surface area contributed by atoms with Gasteiger partial charge in [-0.15, -0.1) is 6.58 Å². The van der Waals surface area contributed by atoms with Crippen LogP contribution in [-0.2, 0) is 4.74 Å². The molecule has 1 aliphatic rings. The van der Waals surface area contributed by atoms with Gasteiger partial charge in [-0.1, -0.05) is 37.3 Å². The summed E-state index contributed by atoms with van der Waals surface area (Å²) in [5.74, 6) is -0.705. The molecule has 0 aromatic heterocycles. The number of hydrogen-bond acceptors (Lipinski definition) is 3. The summed E-state index contributed by atoms with van der Waals surface area (Å²) in [6.07, 6.45) is 9.67. The van der Waals surface area contributed by atoms with Crippen molar-refractivity contribution >= 4 is 0 Å². The average molecular weight is 228 g/mol. The summed E-state index contributed by atoms with van der Waals surface area (Å²) in [7, 11) is 0. The fraction of sp³-hybridized carbons (Fsp3) is 0.429. The van der Waals surface area contributed by atoms with Gasteiger partial charge in [-0.2, -0.15) is 10.5 Å². The zero-order chi connectivity index (χ0) is 12.7. The van der Waals surface area contributed by atoms with Crippen molar-refractivity contribution in [3.8, 4) is 12.1 Å². The average Bonchev–Trinajstić information content (AvgIpc) is 2.38. The third kappa shape index (κ3) is 2.46. The van der Waals surface area contributed by atoms with Gasteiger partial charge in [0.05, 0.1) is 24.8 Å². The lowest BCUT2D eigenvalue weighted by atomic mass is 9.68. The summed E-state index contributed by atoms with van der Waals surface area (Å²) in [6, 6.07) is 4.14. The molecule has 0 aliphatic heterocycles. The molecule has 2 atom stereocenters. The van der Waals surface area contributed by atoms with Crippen molar-refractivity contribution in [3.05, 3.63) is 37.0 Å². The number of nitrogens with zero attached hydrogens (tertiary/aromatic N) is 2. The second kappa shape index (κ2) is 6.03. The summed E-state index contributed by atoms with van der Waals surface area (Å²) in [5, 5.41) is 18.2. The van der Waals surface area contributed by atoms with E-state index < -0.39 is 11.3 Å². The maximum Gasteiger partial charge on any atom is 0.145 e.